The topological polar surface area (TPSA) is 36.9 Å². The number of unbranched alkanes of at least 4 members (excludes halogenated alkanes) is 4. The smallest absolute Gasteiger partial charge is 0.157 e. The fourth-order valence-corrected chi connectivity index (χ4v) is 7.97. The first-order valence-electron chi connectivity index (χ1n) is 13.2. The molecule has 30 heavy (non-hydrogen) atoms. The van der Waals surface area contributed by atoms with Gasteiger partial charge in [-0.3, -0.25) is 0 Å². The van der Waals surface area contributed by atoms with Crippen LogP contribution in [0.5, 0.6) is 0 Å². The van der Waals surface area contributed by atoms with Gasteiger partial charge in [-0.05, 0) is 38.5 Å². The molecule has 182 valence electrons. The predicted molar refractivity (Wildman–Crippen MR) is 137 cm³/mol. The van der Waals surface area contributed by atoms with E-state index in [0.29, 0.717) is 0 Å². The molecular formula is C24H54O4Si2. The summed E-state index contributed by atoms with van der Waals surface area (Å²) in [5.41, 5.74) is 0. The maximum absolute atomic E-state index is 5.96. The summed E-state index contributed by atoms with van der Waals surface area (Å²) in [6, 6.07) is 5.72. The third-order valence-corrected chi connectivity index (χ3v) is 10.2. The van der Waals surface area contributed by atoms with Gasteiger partial charge in [0.1, 0.15) is 0 Å². The Morgan fingerprint density at radius 1 is 0.467 bits per heavy atom. The van der Waals surface area contributed by atoms with Gasteiger partial charge in [0.2, 0.25) is 0 Å². The molecule has 0 fully saturated rings. The SMILES string of the molecule is CCCCOC(CC[SiH2]CC[SiH2]CCC(OCCCC)OCCCC)OCCCC. The minimum Gasteiger partial charge on any atom is -0.353 e. The highest BCUT2D eigenvalue weighted by Gasteiger charge is 2.10. The zero-order chi connectivity index (χ0) is 22.1. The predicted octanol–water partition coefficient (Wildman–Crippen LogP) is 5.70. The van der Waals surface area contributed by atoms with Crippen molar-refractivity contribution in [3.8, 4) is 0 Å². The van der Waals surface area contributed by atoms with E-state index in [0.717, 1.165) is 65.0 Å². The lowest BCUT2D eigenvalue weighted by molar-refractivity contribution is -0.144. The third kappa shape index (κ3) is 21.5. The Labute approximate surface area is 193 Å². The molecule has 0 aliphatic rings. The summed E-state index contributed by atoms with van der Waals surface area (Å²) < 4.78 is 23.8. The van der Waals surface area contributed by atoms with Crippen LogP contribution in [0.15, 0.2) is 0 Å². The fourth-order valence-electron chi connectivity index (χ4n) is 3.20. The van der Waals surface area contributed by atoms with Gasteiger partial charge in [0, 0.05) is 45.5 Å². The van der Waals surface area contributed by atoms with E-state index in [9.17, 15) is 0 Å². The van der Waals surface area contributed by atoms with Crippen LogP contribution in [0.2, 0.25) is 24.2 Å². The summed E-state index contributed by atoms with van der Waals surface area (Å²) in [5.74, 6) is 0. The molecule has 0 N–H and O–H groups in total. The molecule has 6 heteroatoms. The first-order chi connectivity index (χ1) is 14.8. The lowest BCUT2D eigenvalue weighted by Gasteiger charge is -2.19. The molecule has 0 saturated heterocycles. The summed E-state index contributed by atoms with van der Waals surface area (Å²) in [6.07, 6.45) is 11.6. The zero-order valence-electron chi connectivity index (χ0n) is 20.9. The van der Waals surface area contributed by atoms with Gasteiger partial charge in [0.25, 0.3) is 0 Å². The van der Waals surface area contributed by atoms with E-state index in [2.05, 4.69) is 27.7 Å². The van der Waals surface area contributed by atoms with Crippen molar-refractivity contribution in [2.24, 2.45) is 0 Å². The van der Waals surface area contributed by atoms with Crippen LogP contribution in [0.4, 0.5) is 0 Å². The van der Waals surface area contributed by atoms with Crippen LogP contribution in [0.1, 0.15) is 91.9 Å². The van der Waals surface area contributed by atoms with E-state index in [-0.39, 0.29) is 31.6 Å². The molecule has 0 atom stereocenters. The van der Waals surface area contributed by atoms with Crippen molar-refractivity contribution >= 4 is 19.0 Å². The van der Waals surface area contributed by atoms with Crippen LogP contribution in [-0.2, 0) is 18.9 Å². The molecule has 4 nitrogen and oxygen atoms in total. The van der Waals surface area contributed by atoms with E-state index >= 15 is 0 Å². The van der Waals surface area contributed by atoms with Crippen molar-refractivity contribution in [2.75, 3.05) is 26.4 Å². The van der Waals surface area contributed by atoms with Gasteiger partial charge in [-0.15, -0.1) is 0 Å². The Morgan fingerprint density at radius 3 is 1.03 bits per heavy atom. The zero-order valence-corrected chi connectivity index (χ0v) is 23.8. The van der Waals surface area contributed by atoms with Crippen molar-refractivity contribution in [3.05, 3.63) is 0 Å². The van der Waals surface area contributed by atoms with Crippen LogP contribution < -0.4 is 0 Å². The van der Waals surface area contributed by atoms with Gasteiger partial charge in [-0.2, -0.15) is 0 Å². The molecule has 0 amide bonds. The van der Waals surface area contributed by atoms with Gasteiger partial charge >= 0.3 is 0 Å². The van der Waals surface area contributed by atoms with Crippen molar-refractivity contribution in [3.63, 3.8) is 0 Å². The van der Waals surface area contributed by atoms with Gasteiger partial charge in [0.15, 0.2) is 12.6 Å². The molecule has 0 unspecified atom stereocenters. The van der Waals surface area contributed by atoms with Gasteiger partial charge in [-0.25, -0.2) is 0 Å². The highest BCUT2D eigenvalue weighted by atomic mass is 28.2. The minimum absolute atomic E-state index is 0.0434. The molecule has 0 saturated carbocycles. The van der Waals surface area contributed by atoms with Gasteiger partial charge < -0.3 is 18.9 Å². The molecule has 0 radical (unpaired) electrons. The average molecular weight is 463 g/mol. The molecular weight excluding hydrogens is 408 g/mol. The quantitative estimate of drug-likeness (QED) is 0.0991. The Hall–Kier alpha value is 0.274. The number of ether oxygens (including phenoxy) is 4. The first-order valence-corrected chi connectivity index (χ1v) is 17.2. The van der Waals surface area contributed by atoms with Crippen LogP contribution >= 0.6 is 0 Å². The van der Waals surface area contributed by atoms with Gasteiger partial charge in [0.05, 0.1) is 0 Å². The fraction of sp³-hybridized carbons (Fsp3) is 1.00. The van der Waals surface area contributed by atoms with Crippen molar-refractivity contribution in [1.82, 2.24) is 0 Å². The molecule has 0 aliphatic carbocycles. The molecule has 0 aliphatic heterocycles. The Morgan fingerprint density at radius 2 is 0.767 bits per heavy atom. The molecule has 0 aromatic carbocycles. The Bertz CT molecular complexity index is 272. The van der Waals surface area contributed by atoms with Crippen LogP contribution in [0.25, 0.3) is 0 Å². The van der Waals surface area contributed by atoms with E-state index in [4.69, 9.17) is 18.9 Å². The molecule has 0 heterocycles. The monoisotopic (exact) mass is 462 g/mol. The summed E-state index contributed by atoms with van der Waals surface area (Å²) >= 11 is 0. The second-order valence-corrected chi connectivity index (χ2v) is 12.7. The molecule has 0 bridgehead atoms. The average Bonchev–Trinajstić information content (AvgIpc) is 2.75. The maximum atomic E-state index is 5.96. The van der Waals surface area contributed by atoms with E-state index in [1.807, 2.05) is 0 Å². The minimum atomic E-state index is 0.0434. The summed E-state index contributed by atoms with van der Waals surface area (Å²) in [5, 5.41) is 0. The van der Waals surface area contributed by atoms with Crippen LogP contribution in [-0.4, -0.2) is 58.0 Å². The van der Waals surface area contributed by atoms with Crippen molar-refractivity contribution in [1.29, 1.82) is 0 Å². The Balaban J connectivity index is 3.79. The molecule has 0 rings (SSSR count). The van der Waals surface area contributed by atoms with Crippen LogP contribution in [0, 0.1) is 0 Å². The van der Waals surface area contributed by atoms with Crippen molar-refractivity contribution in [2.45, 2.75) is 129 Å². The van der Waals surface area contributed by atoms with Gasteiger partial charge in [-0.1, -0.05) is 77.6 Å². The normalized spacial score (nSPS) is 12.6. The summed E-state index contributed by atoms with van der Waals surface area (Å²) in [4.78, 5) is 0. The summed E-state index contributed by atoms with van der Waals surface area (Å²) in [6.45, 7) is 12.3. The lowest BCUT2D eigenvalue weighted by Crippen LogP contribution is -2.19. The highest BCUT2D eigenvalue weighted by molar-refractivity contribution is 6.42. The maximum Gasteiger partial charge on any atom is 0.157 e. The number of hydrogen-bond acceptors (Lipinski definition) is 4. The molecule has 0 aromatic heterocycles. The lowest BCUT2D eigenvalue weighted by atomic mass is 10.3. The first kappa shape index (κ1) is 30.3. The van der Waals surface area contributed by atoms with Crippen molar-refractivity contribution < 1.29 is 18.9 Å². The van der Waals surface area contributed by atoms with E-state index in [1.54, 1.807) is 0 Å². The van der Waals surface area contributed by atoms with E-state index < -0.39 is 0 Å². The van der Waals surface area contributed by atoms with Crippen LogP contribution in [0.3, 0.4) is 0 Å². The number of hydrogen-bond donors (Lipinski definition) is 0. The number of rotatable bonds is 25. The third-order valence-electron chi connectivity index (χ3n) is 5.34. The second kappa shape index (κ2) is 25.5. The van der Waals surface area contributed by atoms with E-state index in [1.165, 1.54) is 49.9 Å². The standard InChI is InChI=1S/C24H54O4Si2/c1-5-9-15-25-23(26-16-10-6-2)13-19-29-21-22-30-20-14-24(27-17-11-7-3)28-18-12-8-4/h23-24H,5-22,29-30H2,1-4H3. The molecule has 0 spiro atoms. The molecule has 0 aromatic rings. The highest BCUT2D eigenvalue weighted by Crippen LogP contribution is 2.11. The second-order valence-electron chi connectivity index (χ2n) is 8.46. The largest absolute Gasteiger partial charge is 0.353 e. The summed E-state index contributed by atoms with van der Waals surface area (Å²) in [7, 11) is 0.0867. The Kier molecular flexibility index (Phi) is 25.8.